The van der Waals surface area contributed by atoms with Crippen LogP contribution in [0.2, 0.25) is 0 Å². The molecule has 0 saturated carbocycles. The first-order valence-electron chi connectivity index (χ1n) is 1.39. The third-order valence-corrected chi connectivity index (χ3v) is 0.707. The lowest BCUT2D eigenvalue weighted by molar-refractivity contribution is 0.375. The van der Waals surface area contributed by atoms with Crippen molar-refractivity contribution in [1.29, 1.82) is 0 Å². The van der Waals surface area contributed by atoms with Gasteiger partial charge in [-0.05, 0) is 12.7 Å². The van der Waals surface area contributed by atoms with Gasteiger partial charge in [0.05, 0.1) is 5.94 Å². The van der Waals surface area contributed by atoms with Crippen molar-refractivity contribution in [2.24, 2.45) is 0 Å². The van der Waals surface area contributed by atoms with Crippen LogP contribution in [0.5, 0.6) is 0 Å². The van der Waals surface area contributed by atoms with Crippen LogP contribution in [0, 0.1) is 6.92 Å². The maximum atomic E-state index is 7.99. The minimum absolute atomic E-state index is 0.198. The Balaban J connectivity index is 2.19. The Morgan fingerprint density at radius 3 is 2.40 bits per heavy atom. The summed E-state index contributed by atoms with van der Waals surface area (Å²) in [6.45, 7) is 3.48. The highest BCUT2D eigenvalue weighted by molar-refractivity contribution is 7.99. The van der Waals surface area contributed by atoms with Gasteiger partial charge in [-0.25, -0.2) is 0 Å². The van der Waals surface area contributed by atoms with Crippen molar-refractivity contribution >= 4 is 11.8 Å². The zero-order valence-electron chi connectivity index (χ0n) is 2.98. The second-order valence-corrected chi connectivity index (χ2v) is 1.61. The van der Waals surface area contributed by atoms with E-state index in [-0.39, 0.29) is 5.94 Å². The summed E-state index contributed by atoms with van der Waals surface area (Å²) in [5.41, 5.74) is 0. The van der Waals surface area contributed by atoms with Crippen molar-refractivity contribution in [2.45, 2.75) is 0 Å². The molecule has 31 valence electrons. The SMILES string of the molecule is [CH2]CSCO. The number of aliphatic hydroxyl groups is 1. The predicted molar refractivity (Wildman–Crippen MR) is 24.9 cm³/mol. The fourth-order valence-electron chi connectivity index (χ4n) is 0.0645. The smallest absolute Gasteiger partial charge is 0.0885 e. The summed E-state index contributed by atoms with van der Waals surface area (Å²) in [4.78, 5) is 0. The molecular formula is C3H7OS. The van der Waals surface area contributed by atoms with Gasteiger partial charge in [-0.2, -0.15) is 0 Å². The van der Waals surface area contributed by atoms with Crippen LogP contribution in [-0.4, -0.2) is 16.8 Å². The molecule has 0 aromatic carbocycles. The molecule has 1 nitrogen and oxygen atoms in total. The van der Waals surface area contributed by atoms with Crippen LogP contribution in [0.3, 0.4) is 0 Å². The van der Waals surface area contributed by atoms with E-state index in [2.05, 4.69) is 6.92 Å². The Labute approximate surface area is 36.4 Å². The van der Waals surface area contributed by atoms with Gasteiger partial charge in [0.25, 0.3) is 0 Å². The molecule has 0 rings (SSSR count). The highest BCUT2D eigenvalue weighted by Crippen LogP contribution is 1.90. The Kier molecular flexibility index (Phi) is 4.58. The summed E-state index contributed by atoms with van der Waals surface area (Å²) in [6, 6.07) is 0. The van der Waals surface area contributed by atoms with Crippen molar-refractivity contribution in [3.8, 4) is 0 Å². The van der Waals surface area contributed by atoms with E-state index in [4.69, 9.17) is 5.11 Å². The van der Waals surface area contributed by atoms with Crippen LogP contribution < -0.4 is 0 Å². The maximum Gasteiger partial charge on any atom is 0.0885 e. The summed E-state index contributed by atoms with van der Waals surface area (Å²) in [7, 11) is 0. The average Bonchev–Trinajstić information content (AvgIpc) is 1.41. The average molecular weight is 91.2 g/mol. The van der Waals surface area contributed by atoms with Crippen LogP contribution in [0.25, 0.3) is 0 Å². The zero-order chi connectivity index (χ0) is 4.12. The quantitative estimate of drug-likeness (QED) is 0.499. The number of hydrogen-bond acceptors (Lipinski definition) is 2. The van der Waals surface area contributed by atoms with Gasteiger partial charge in [-0.15, -0.1) is 11.8 Å². The van der Waals surface area contributed by atoms with Gasteiger partial charge < -0.3 is 5.11 Å². The van der Waals surface area contributed by atoms with E-state index in [1.165, 1.54) is 11.8 Å². The van der Waals surface area contributed by atoms with Crippen LogP contribution in [0.1, 0.15) is 0 Å². The summed E-state index contributed by atoms with van der Waals surface area (Å²) < 4.78 is 0. The van der Waals surface area contributed by atoms with Crippen molar-refractivity contribution in [1.82, 2.24) is 0 Å². The first-order chi connectivity index (χ1) is 2.41. The molecule has 0 spiro atoms. The van der Waals surface area contributed by atoms with Gasteiger partial charge >= 0.3 is 0 Å². The van der Waals surface area contributed by atoms with Crippen LogP contribution in [0.15, 0.2) is 0 Å². The molecule has 0 aliphatic heterocycles. The molecule has 0 amide bonds. The lowest BCUT2D eigenvalue weighted by atomic mass is 11.0. The summed E-state index contributed by atoms with van der Waals surface area (Å²) >= 11 is 1.41. The highest BCUT2D eigenvalue weighted by atomic mass is 32.2. The molecule has 1 N–H and O–H groups in total. The highest BCUT2D eigenvalue weighted by Gasteiger charge is 1.68. The second kappa shape index (κ2) is 4.31. The van der Waals surface area contributed by atoms with Crippen molar-refractivity contribution in [3.05, 3.63) is 6.92 Å². The standard InChI is InChI=1S/C3H7OS/c1-2-5-3-4/h4H,1-3H2. The number of aliphatic hydroxyl groups excluding tert-OH is 1. The van der Waals surface area contributed by atoms with Crippen molar-refractivity contribution in [2.75, 3.05) is 11.7 Å². The summed E-state index contributed by atoms with van der Waals surface area (Å²) in [5.74, 6) is 0.958. The van der Waals surface area contributed by atoms with E-state index in [1.54, 1.807) is 0 Å². The fraction of sp³-hybridized carbons (Fsp3) is 0.667. The van der Waals surface area contributed by atoms with Gasteiger partial charge in [0.1, 0.15) is 0 Å². The van der Waals surface area contributed by atoms with Crippen molar-refractivity contribution < 1.29 is 5.11 Å². The number of hydrogen-bond donors (Lipinski definition) is 1. The number of rotatable bonds is 2. The van der Waals surface area contributed by atoms with Crippen molar-refractivity contribution in [3.63, 3.8) is 0 Å². The first kappa shape index (κ1) is 5.31. The lowest BCUT2D eigenvalue weighted by Gasteiger charge is -1.80. The molecule has 0 aliphatic carbocycles. The molecule has 0 fully saturated rings. The van der Waals surface area contributed by atoms with Gasteiger partial charge in [-0.3, -0.25) is 0 Å². The zero-order valence-corrected chi connectivity index (χ0v) is 3.79. The van der Waals surface area contributed by atoms with Crippen LogP contribution >= 0.6 is 11.8 Å². The maximum absolute atomic E-state index is 7.99. The lowest BCUT2D eigenvalue weighted by Crippen LogP contribution is -1.70. The predicted octanol–water partition coefficient (Wildman–Crippen LogP) is 0.503. The molecule has 0 atom stereocenters. The van der Waals surface area contributed by atoms with Gasteiger partial charge in [0.15, 0.2) is 0 Å². The largest absolute Gasteiger partial charge is 0.386 e. The van der Waals surface area contributed by atoms with E-state index in [0.29, 0.717) is 0 Å². The van der Waals surface area contributed by atoms with Crippen LogP contribution in [0.4, 0.5) is 0 Å². The van der Waals surface area contributed by atoms with Gasteiger partial charge in [0, 0.05) is 0 Å². The minimum Gasteiger partial charge on any atom is -0.386 e. The van der Waals surface area contributed by atoms with Gasteiger partial charge in [-0.1, -0.05) is 0 Å². The molecule has 0 aromatic rings. The monoisotopic (exact) mass is 91.0 g/mol. The number of thioether (sulfide) groups is 1. The van der Waals surface area contributed by atoms with E-state index < -0.39 is 0 Å². The topological polar surface area (TPSA) is 20.2 Å². The normalized spacial score (nSPS) is 8.40. The molecule has 1 radical (unpaired) electrons. The summed E-state index contributed by atoms with van der Waals surface area (Å²) in [5, 5.41) is 7.99. The van der Waals surface area contributed by atoms with E-state index in [1.807, 2.05) is 0 Å². The fourth-order valence-corrected chi connectivity index (χ4v) is 0.194. The second-order valence-electron chi connectivity index (χ2n) is 0.537. The Morgan fingerprint density at radius 2 is 2.40 bits per heavy atom. The third kappa shape index (κ3) is 4.31. The Hall–Kier alpha value is 0.310. The third-order valence-electron chi connectivity index (χ3n) is 0.236. The Morgan fingerprint density at radius 1 is 1.80 bits per heavy atom. The molecule has 5 heavy (non-hydrogen) atoms. The molecule has 0 unspecified atom stereocenters. The van der Waals surface area contributed by atoms with Crippen LogP contribution in [-0.2, 0) is 0 Å². The summed E-state index contributed by atoms with van der Waals surface area (Å²) in [6.07, 6.45) is 0. The Bertz CT molecular complexity index is 14.4. The van der Waals surface area contributed by atoms with E-state index in [0.717, 1.165) is 5.75 Å². The molecule has 2 heteroatoms. The molecule has 0 aromatic heterocycles. The van der Waals surface area contributed by atoms with E-state index >= 15 is 0 Å². The molecule has 0 heterocycles. The van der Waals surface area contributed by atoms with Gasteiger partial charge in [0.2, 0.25) is 0 Å². The molecule has 0 bridgehead atoms. The minimum atomic E-state index is 0.198. The molecule has 0 aliphatic rings. The first-order valence-corrected chi connectivity index (χ1v) is 2.55. The van der Waals surface area contributed by atoms with E-state index in [9.17, 15) is 0 Å². The molecular weight excluding hydrogens is 84.1 g/mol. The molecule has 0 saturated heterocycles.